The zero-order valence-electron chi connectivity index (χ0n) is 11.5. The van der Waals surface area contributed by atoms with E-state index in [1.54, 1.807) is 0 Å². The van der Waals surface area contributed by atoms with Gasteiger partial charge in [-0.3, -0.25) is 4.98 Å². The summed E-state index contributed by atoms with van der Waals surface area (Å²) in [6.45, 7) is 8.42. The van der Waals surface area contributed by atoms with Crippen molar-refractivity contribution in [1.29, 1.82) is 0 Å². The smallest absolute Gasteiger partial charge is 0.403 e. The highest BCUT2D eigenvalue weighted by Gasteiger charge is 2.59. The van der Waals surface area contributed by atoms with Gasteiger partial charge in [0.15, 0.2) is 0 Å². The molecule has 0 aromatic carbocycles. The topological polar surface area (TPSA) is 31.4 Å². The predicted molar refractivity (Wildman–Crippen MR) is 71.4 cm³/mol. The summed E-state index contributed by atoms with van der Waals surface area (Å²) in [6.07, 6.45) is 4.91. The van der Waals surface area contributed by atoms with Crippen molar-refractivity contribution >= 4 is 7.12 Å². The Hall–Kier alpha value is -0.865. The summed E-state index contributed by atoms with van der Waals surface area (Å²) >= 11 is 0. The van der Waals surface area contributed by atoms with Crippen LogP contribution < -0.4 is 0 Å². The molecule has 0 unspecified atom stereocenters. The van der Waals surface area contributed by atoms with E-state index in [-0.39, 0.29) is 18.3 Å². The Morgan fingerprint density at radius 1 is 1.22 bits per heavy atom. The third kappa shape index (κ3) is 1.88. The van der Waals surface area contributed by atoms with Crippen LogP contribution in [-0.2, 0) is 9.31 Å². The van der Waals surface area contributed by atoms with Gasteiger partial charge in [0.2, 0.25) is 0 Å². The molecule has 1 aromatic heterocycles. The number of rotatable bonds is 2. The van der Waals surface area contributed by atoms with Crippen LogP contribution in [0.15, 0.2) is 24.5 Å². The molecule has 1 aromatic rings. The molecule has 2 aliphatic rings. The Morgan fingerprint density at radius 2 is 1.89 bits per heavy atom. The average molecular weight is 245 g/mol. The van der Waals surface area contributed by atoms with E-state index in [2.05, 4.69) is 38.7 Å². The largest absolute Gasteiger partial charge is 0.461 e. The molecule has 1 aliphatic carbocycles. The number of hydrogen-bond donors (Lipinski definition) is 0. The molecule has 3 rings (SSSR count). The Morgan fingerprint density at radius 3 is 2.44 bits per heavy atom. The molecule has 4 heteroatoms. The fourth-order valence-corrected chi connectivity index (χ4v) is 2.56. The van der Waals surface area contributed by atoms with Crippen LogP contribution in [0.1, 0.15) is 45.6 Å². The molecule has 0 amide bonds. The number of aromatic nitrogens is 1. The minimum Gasteiger partial charge on any atom is -0.403 e. The van der Waals surface area contributed by atoms with Gasteiger partial charge in [-0.1, -0.05) is 6.07 Å². The van der Waals surface area contributed by atoms with Gasteiger partial charge >= 0.3 is 7.12 Å². The molecule has 2 atom stereocenters. The van der Waals surface area contributed by atoms with Crippen LogP contribution in [0.2, 0.25) is 5.82 Å². The minimum absolute atomic E-state index is 0.0693. The van der Waals surface area contributed by atoms with E-state index < -0.39 is 0 Å². The van der Waals surface area contributed by atoms with Gasteiger partial charge in [-0.15, -0.1) is 0 Å². The second-order valence-electron chi connectivity index (χ2n) is 6.42. The number of pyridine rings is 1. The van der Waals surface area contributed by atoms with E-state index in [0.717, 1.165) is 6.42 Å². The van der Waals surface area contributed by atoms with Gasteiger partial charge in [-0.2, -0.15) is 0 Å². The fraction of sp³-hybridized carbons (Fsp3) is 0.643. The summed E-state index contributed by atoms with van der Waals surface area (Å²) in [5, 5.41) is 0. The molecule has 3 nitrogen and oxygen atoms in total. The van der Waals surface area contributed by atoms with Crippen molar-refractivity contribution in [3.63, 3.8) is 0 Å². The van der Waals surface area contributed by atoms with Gasteiger partial charge in [0.25, 0.3) is 0 Å². The summed E-state index contributed by atoms with van der Waals surface area (Å²) < 4.78 is 12.2. The van der Waals surface area contributed by atoms with E-state index >= 15 is 0 Å². The summed E-state index contributed by atoms with van der Waals surface area (Å²) in [5.41, 5.74) is 0.858. The maximum Gasteiger partial charge on any atom is 0.461 e. The molecule has 0 bridgehead atoms. The van der Waals surface area contributed by atoms with Crippen molar-refractivity contribution in [3.05, 3.63) is 30.1 Å². The van der Waals surface area contributed by atoms with E-state index in [4.69, 9.17) is 9.31 Å². The third-order valence-corrected chi connectivity index (χ3v) is 4.57. The predicted octanol–water partition coefficient (Wildman–Crippen LogP) is 3.03. The van der Waals surface area contributed by atoms with Crippen LogP contribution in [-0.4, -0.2) is 23.3 Å². The lowest BCUT2D eigenvalue weighted by molar-refractivity contribution is 0.00578. The molecular weight excluding hydrogens is 225 g/mol. The van der Waals surface area contributed by atoms with Gasteiger partial charge in [-0.05, 0) is 51.7 Å². The van der Waals surface area contributed by atoms with Gasteiger partial charge in [0.05, 0.1) is 11.2 Å². The first-order valence-electron chi connectivity index (χ1n) is 6.66. The van der Waals surface area contributed by atoms with Crippen LogP contribution in [0.4, 0.5) is 0 Å². The Kier molecular flexibility index (Phi) is 2.58. The fourth-order valence-electron chi connectivity index (χ4n) is 2.56. The maximum absolute atomic E-state index is 6.10. The highest BCUT2D eigenvalue weighted by Crippen LogP contribution is 2.58. The van der Waals surface area contributed by atoms with Gasteiger partial charge < -0.3 is 9.31 Å². The third-order valence-electron chi connectivity index (χ3n) is 4.57. The Bertz CT molecular complexity index is 430. The first-order chi connectivity index (χ1) is 8.41. The SMILES string of the molecule is CC1(C)OB([C@@H]2C[C@H]2c2cccnc2)OC1(C)C. The Labute approximate surface area is 109 Å². The monoisotopic (exact) mass is 245 g/mol. The lowest BCUT2D eigenvalue weighted by Crippen LogP contribution is -2.41. The summed E-state index contributed by atoms with van der Waals surface area (Å²) in [4.78, 5) is 4.18. The standard InChI is InChI=1S/C14H20BNO2/c1-13(2)14(3,4)18-15(17-13)12-8-11(12)10-6-5-7-16-9-10/h5-7,9,11-12H,8H2,1-4H3/t11-,12+/m0/s1. The van der Waals surface area contributed by atoms with Gasteiger partial charge in [0.1, 0.15) is 0 Å². The lowest BCUT2D eigenvalue weighted by Gasteiger charge is -2.32. The Balaban J connectivity index is 1.70. The van der Waals surface area contributed by atoms with Crippen LogP contribution in [0.25, 0.3) is 0 Å². The first kappa shape index (κ1) is 12.2. The van der Waals surface area contributed by atoms with Gasteiger partial charge in [0, 0.05) is 18.2 Å². The molecule has 18 heavy (non-hydrogen) atoms. The van der Waals surface area contributed by atoms with Crippen LogP contribution >= 0.6 is 0 Å². The molecule has 1 aliphatic heterocycles. The second-order valence-corrected chi connectivity index (χ2v) is 6.42. The maximum atomic E-state index is 6.10. The molecule has 0 radical (unpaired) electrons. The van der Waals surface area contributed by atoms with E-state index in [0.29, 0.717) is 11.7 Å². The van der Waals surface area contributed by atoms with Crippen LogP contribution in [0.3, 0.4) is 0 Å². The van der Waals surface area contributed by atoms with E-state index in [1.165, 1.54) is 5.56 Å². The van der Waals surface area contributed by atoms with Crippen molar-refractivity contribution in [2.45, 2.75) is 57.1 Å². The highest BCUT2D eigenvalue weighted by molar-refractivity contribution is 6.49. The first-order valence-corrected chi connectivity index (χ1v) is 6.66. The van der Waals surface area contributed by atoms with E-state index in [1.807, 2.05) is 18.5 Å². The highest BCUT2D eigenvalue weighted by atomic mass is 16.7. The molecule has 96 valence electrons. The lowest BCUT2D eigenvalue weighted by atomic mass is 9.80. The molecule has 1 saturated carbocycles. The zero-order valence-corrected chi connectivity index (χ0v) is 11.5. The van der Waals surface area contributed by atoms with E-state index in [9.17, 15) is 0 Å². The quantitative estimate of drug-likeness (QED) is 0.750. The molecular formula is C14H20BNO2. The van der Waals surface area contributed by atoms with Crippen LogP contribution in [0, 0.1) is 0 Å². The van der Waals surface area contributed by atoms with Crippen LogP contribution in [0.5, 0.6) is 0 Å². The minimum atomic E-state index is -0.222. The summed E-state index contributed by atoms with van der Waals surface area (Å²) in [6, 6.07) is 4.14. The summed E-state index contributed by atoms with van der Waals surface area (Å²) in [5.74, 6) is 1.03. The molecule has 0 spiro atoms. The van der Waals surface area contributed by atoms with Crippen molar-refractivity contribution in [1.82, 2.24) is 4.98 Å². The number of hydrogen-bond acceptors (Lipinski definition) is 3. The normalized spacial score (nSPS) is 32.6. The summed E-state index contributed by atoms with van der Waals surface area (Å²) in [7, 11) is -0.0693. The average Bonchev–Trinajstić information content (AvgIpc) is 3.04. The molecule has 2 heterocycles. The molecule has 2 fully saturated rings. The molecule has 1 saturated heterocycles. The van der Waals surface area contributed by atoms with Crippen molar-refractivity contribution in [2.24, 2.45) is 0 Å². The van der Waals surface area contributed by atoms with Crippen molar-refractivity contribution < 1.29 is 9.31 Å². The second kappa shape index (κ2) is 3.81. The van der Waals surface area contributed by atoms with Gasteiger partial charge in [-0.25, -0.2) is 0 Å². The number of nitrogens with zero attached hydrogens (tertiary/aromatic N) is 1. The van der Waals surface area contributed by atoms with Crippen molar-refractivity contribution in [2.75, 3.05) is 0 Å². The zero-order chi connectivity index (χ0) is 13.0. The van der Waals surface area contributed by atoms with Crippen molar-refractivity contribution in [3.8, 4) is 0 Å². The molecule has 0 N–H and O–H groups in total.